The molecule has 0 aliphatic heterocycles. The average Bonchev–Trinajstić information content (AvgIpc) is 2.76. The van der Waals surface area contributed by atoms with E-state index in [-0.39, 0.29) is 17.8 Å². The zero-order chi connectivity index (χ0) is 21.6. The number of hydrogen-bond donors (Lipinski definition) is 0. The van der Waals surface area contributed by atoms with Gasteiger partial charge in [0.15, 0.2) is 12.4 Å². The summed E-state index contributed by atoms with van der Waals surface area (Å²) in [5.41, 5.74) is 3.13. The maximum absolute atomic E-state index is 12.3. The first-order valence-corrected chi connectivity index (χ1v) is 9.90. The molecule has 0 heterocycles. The van der Waals surface area contributed by atoms with E-state index >= 15 is 0 Å². The second kappa shape index (κ2) is 9.40. The quantitative estimate of drug-likeness (QED) is 0.381. The minimum absolute atomic E-state index is 0.0189. The van der Waals surface area contributed by atoms with Crippen LogP contribution in [0.1, 0.15) is 52.6 Å². The van der Waals surface area contributed by atoms with Crippen molar-refractivity contribution in [2.45, 2.75) is 32.8 Å². The van der Waals surface area contributed by atoms with Gasteiger partial charge in [0, 0.05) is 5.56 Å². The monoisotopic (exact) mass is 402 g/mol. The highest BCUT2D eigenvalue weighted by Gasteiger charge is 2.15. The van der Waals surface area contributed by atoms with Crippen LogP contribution in [0.2, 0.25) is 0 Å². The number of rotatable bonds is 7. The fourth-order valence-electron chi connectivity index (χ4n) is 2.88. The third-order valence-corrected chi connectivity index (χ3v) is 4.75. The molecule has 3 rings (SSSR count). The second-order valence-electron chi connectivity index (χ2n) is 8.13. The molecule has 0 saturated heterocycles. The fraction of sp³-hybridized carbons (Fsp3) is 0.231. The van der Waals surface area contributed by atoms with Gasteiger partial charge in [-0.05, 0) is 40.8 Å². The molecule has 0 bridgehead atoms. The van der Waals surface area contributed by atoms with Crippen LogP contribution in [-0.2, 0) is 16.8 Å². The molecule has 0 fully saturated rings. The summed E-state index contributed by atoms with van der Waals surface area (Å²) < 4.78 is 10.9. The lowest BCUT2D eigenvalue weighted by molar-refractivity contribution is 0.0474. The Morgan fingerprint density at radius 2 is 1.37 bits per heavy atom. The van der Waals surface area contributed by atoms with E-state index in [0.29, 0.717) is 23.5 Å². The van der Waals surface area contributed by atoms with Gasteiger partial charge in [-0.3, -0.25) is 4.79 Å². The van der Waals surface area contributed by atoms with Gasteiger partial charge in [0.2, 0.25) is 0 Å². The van der Waals surface area contributed by atoms with Crippen LogP contribution in [0.25, 0.3) is 0 Å². The van der Waals surface area contributed by atoms with E-state index in [2.05, 4.69) is 20.8 Å². The first-order chi connectivity index (χ1) is 14.3. The summed E-state index contributed by atoms with van der Waals surface area (Å²) in [6.45, 7) is 6.50. The first kappa shape index (κ1) is 21.3. The molecule has 4 nitrogen and oxygen atoms in total. The van der Waals surface area contributed by atoms with Crippen LogP contribution >= 0.6 is 0 Å². The summed E-state index contributed by atoms with van der Waals surface area (Å²) in [6.07, 6.45) is 0. The van der Waals surface area contributed by atoms with Crippen LogP contribution in [0.15, 0.2) is 78.9 Å². The molecule has 0 saturated carbocycles. The number of ketones is 1. The van der Waals surface area contributed by atoms with Gasteiger partial charge in [-0.1, -0.05) is 75.4 Å². The summed E-state index contributed by atoms with van der Waals surface area (Å²) in [6, 6.07) is 23.9. The van der Waals surface area contributed by atoms with Gasteiger partial charge in [-0.25, -0.2) is 4.79 Å². The Kier molecular flexibility index (Phi) is 6.68. The number of hydrogen-bond acceptors (Lipinski definition) is 4. The molecule has 154 valence electrons. The molecule has 0 spiro atoms. The largest absolute Gasteiger partial charge is 0.489 e. The molecule has 4 heteroatoms. The highest BCUT2D eigenvalue weighted by atomic mass is 16.5. The van der Waals surface area contributed by atoms with Gasteiger partial charge in [-0.15, -0.1) is 0 Å². The van der Waals surface area contributed by atoms with Crippen molar-refractivity contribution in [2.24, 2.45) is 0 Å². The van der Waals surface area contributed by atoms with Gasteiger partial charge in [0.1, 0.15) is 12.4 Å². The summed E-state index contributed by atoms with van der Waals surface area (Å²) >= 11 is 0. The summed E-state index contributed by atoms with van der Waals surface area (Å²) in [5.74, 6) is -0.110. The smallest absolute Gasteiger partial charge is 0.338 e. The molecular weight excluding hydrogens is 376 g/mol. The second-order valence-corrected chi connectivity index (χ2v) is 8.13. The summed E-state index contributed by atoms with van der Waals surface area (Å²) in [7, 11) is 0. The van der Waals surface area contributed by atoms with Crippen molar-refractivity contribution in [3.05, 3.63) is 101 Å². The molecule has 0 unspecified atom stereocenters. The highest BCUT2D eigenvalue weighted by Crippen LogP contribution is 2.22. The van der Waals surface area contributed by atoms with Crippen LogP contribution in [0.5, 0.6) is 5.75 Å². The van der Waals surface area contributed by atoms with Crippen molar-refractivity contribution >= 4 is 11.8 Å². The van der Waals surface area contributed by atoms with Crippen molar-refractivity contribution in [3.8, 4) is 5.75 Å². The van der Waals surface area contributed by atoms with Crippen LogP contribution in [0.3, 0.4) is 0 Å². The van der Waals surface area contributed by atoms with Crippen molar-refractivity contribution in [2.75, 3.05) is 6.61 Å². The maximum atomic E-state index is 12.3. The van der Waals surface area contributed by atoms with Crippen molar-refractivity contribution in [3.63, 3.8) is 0 Å². The molecular formula is C26H26O4. The zero-order valence-electron chi connectivity index (χ0n) is 17.6. The fourth-order valence-corrected chi connectivity index (χ4v) is 2.88. The molecule has 0 aliphatic rings. The Hall–Kier alpha value is -3.40. The molecule has 3 aromatic rings. The van der Waals surface area contributed by atoms with E-state index < -0.39 is 5.97 Å². The molecule has 30 heavy (non-hydrogen) atoms. The number of carbonyl (C=O) groups is 2. The van der Waals surface area contributed by atoms with E-state index in [0.717, 1.165) is 11.1 Å². The van der Waals surface area contributed by atoms with Crippen molar-refractivity contribution in [1.82, 2.24) is 0 Å². The number of Topliss-reactive ketones (excluding diaryl/α,β-unsaturated/α-hetero) is 1. The summed E-state index contributed by atoms with van der Waals surface area (Å²) in [4.78, 5) is 24.6. The Morgan fingerprint density at radius 3 is 1.97 bits per heavy atom. The van der Waals surface area contributed by atoms with E-state index in [1.54, 1.807) is 36.4 Å². The molecule has 0 N–H and O–H groups in total. The van der Waals surface area contributed by atoms with Gasteiger partial charge in [-0.2, -0.15) is 0 Å². The Labute approximate surface area is 177 Å². The van der Waals surface area contributed by atoms with E-state index in [1.807, 2.05) is 42.5 Å². The van der Waals surface area contributed by atoms with Gasteiger partial charge >= 0.3 is 5.97 Å². The molecule has 0 amide bonds. The topological polar surface area (TPSA) is 52.6 Å². The molecule has 0 atom stereocenters. The third kappa shape index (κ3) is 5.80. The van der Waals surface area contributed by atoms with Gasteiger partial charge < -0.3 is 9.47 Å². The number of ether oxygens (including phenoxy) is 2. The lowest BCUT2D eigenvalue weighted by Gasteiger charge is -2.18. The highest BCUT2D eigenvalue weighted by molar-refractivity contribution is 5.99. The summed E-state index contributed by atoms with van der Waals surface area (Å²) in [5, 5.41) is 0. The number of esters is 1. The zero-order valence-corrected chi connectivity index (χ0v) is 17.6. The maximum Gasteiger partial charge on any atom is 0.338 e. The van der Waals surface area contributed by atoms with Crippen LogP contribution in [0.4, 0.5) is 0 Å². The van der Waals surface area contributed by atoms with Crippen LogP contribution in [0, 0.1) is 0 Å². The van der Waals surface area contributed by atoms with Crippen LogP contribution < -0.4 is 4.74 Å². The van der Waals surface area contributed by atoms with E-state index in [1.165, 1.54) is 0 Å². The SMILES string of the molecule is CC(C)(C)c1ccc(C(=O)COC(=O)c2ccc(OCc3ccccc3)cc2)cc1. The Balaban J connectivity index is 1.51. The Morgan fingerprint density at radius 1 is 0.767 bits per heavy atom. The average molecular weight is 402 g/mol. The van der Waals surface area contributed by atoms with Gasteiger partial charge in [0.25, 0.3) is 0 Å². The molecule has 0 radical (unpaired) electrons. The minimum atomic E-state index is -0.538. The van der Waals surface area contributed by atoms with E-state index in [9.17, 15) is 9.59 Å². The molecule has 0 aromatic heterocycles. The molecule has 0 aliphatic carbocycles. The lowest BCUT2D eigenvalue weighted by atomic mass is 9.86. The third-order valence-electron chi connectivity index (χ3n) is 4.75. The normalized spacial score (nSPS) is 11.0. The standard InChI is InChI=1S/C26H26O4/c1-26(2,3)22-13-9-20(10-14-22)24(27)18-30-25(28)21-11-15-23(16-12-21)29-17-19-7-5-4-6-8-19/h4-16H,17-18H2,1-3H3. The van der Waals surface area contributed by atoms with Crippen molar-refractivity contribution in [1.29, 1.82) is 0 Å². The number of carbonyl (C=O) groups excluding carboxylic acids is 2. The molecule has 3 aromatic carbocycles. The van der Waals surface area contributed by atoms with Gasteiger partial charge in [0.05, 0.1) is 5.56 Å². The van der Waals surface area contributed by atoms with E-state index in [4.69, 9.17) is 9.47 Å². The predicted octanol–water partition coefficient (Wildman–Crippen LogP) is 5.60. The van der Waals surface area contributed by atoms with Crippen LogP contribution in [-0.4, -0.2) is 18.4 Å². The first-order valence-electron chi connectivity index (χ1n) is 9.90. The minimum Gasteiger partial charge on any atom is -0.489 e. The lowest BCUT2D eigenvalue weighted by Crippen LogP contribution is -2.15. The predicted molar refractivity (Wildman–Crippen MR) is 117 cm³/mol. The Bertz CT molecular complexity index is 982. The number of benzene rings is 3. The van der Waals surface area contributed by atoms with Crippen molar-refractivity contribution < 1.29 is 19.1 Å².